The van der Waals surface area contributed by atoms with E-state index in [4.69, 9.17) is 5.73 Å². The number of hydrogen-bond donors (Lipinski definition) is 1. The molecule has 1 aliphatic carbocycles. The average molecular weight is 286 g/mol. The van der Waals surface area contributed by atoms with Crippen molar-refractivity contribution in [2.24, 2.45) is 11.7 Å². The lowest BCUT2D eigenvalue weighted by atomic mass is 9.85. The molecule has 0 aliphatic heterocycles. The van der Waals surface area contributed by atoms with Gasteiger partial charge in [0.15, 0.2) is 0 Å². The van der Waals surface area contributed by atoms with Gasteiger partial charge in [-0.05, 0) is 49.4 Å². The first-order valence-corrected chi connectivity index (χ1v) is 7.10. The molecule has 2 nitrogen and oxygen atoms in total. The van der Waals surface area contributed by atoms with E-state index in [2.05, 4.69) is 4.90 Å². The highest BCUT2D eigenvalue weighted by Crippen LogP contribution is 2.35. The summed E-state index contributed by atoms with van der Waals surface area (Å²) >= 11 is 0. The largest absolute Gasteiger partial charge is 0.416 e. The van der Waals surface area contributed by atoms with Gasteiger partial charge in [0.1, 0.15) is 0 Å². The molecule has 5 heteroatoms. The number of benzene rings is 1. The Kier molecular flexibility index (Phi) is 4.58. The molecule has 112 valence electrons. The molecule has 20 heavy (non-hydrogen) atoms. The Balaban J connectivity index is 2.22. The van der Waals surface area contributed by atoms with E-state index >= 15 is 0 Å². The van der Waals surface area contributed by atoms with Gasteiger partial charge in [0.2, 0.25) is 0 Å². The minimum Gasteiger partial charge on any atom is -0.372 e. The van der Waals surface area contributed by atoms with Crippen molar-refractivity contribution in [3.8, 4) is 0 Å². The highest BCUT2D eigenvalue weighted by molar-refractivity contribution is 5.51. The zero-order valence-electron chi connectivity index (χ0n) is 11.7. The molecule has 1 aromatic carbocycles. The molecular formula is C15H21F3N2. The number of nitrogens with two attached hydrogens (primary N) is 1. The fourth-order valence-electron chi connectivity index (χ4n) is 2.63. The Hall–Kier alpha value is -1.23. The zero-order chi connectivity index (χ0) is 14.8. The predicted molar refractivity (Wildman–Crippen MR) is 74.6 cm³/mol. The molecule has 1 fully saturated rings. The molecule has 0 radical (unpaired) electrons. The first-order valence-electron chi connectivity index (χ1n) is 7.10. The summed E-state index contributed by atoms with van der Waals surface area (Å²) < 4.78 is 38.6. The smallest absolute Gasteiger partial charge is 0.372 e. The van der Waals surface area contributed by atoms with Crippen molar-refractivity contribution in [3.05, 3.63) is 29.3 Å². The van der Waals surface area contributed by atoms with Gasteiger partial charge in [-0.15, -0.1) is 0 Å². The first-order chi connectivity index (χ1) is 9.45. The summed E-state index contributed by atoms with van der Waals surface area (Å²) in [6, 6.07) is 4.30. The SMILES string of the molecule is CCN(CC1CCC1)c1ccc(C(F)(F)F)c(CN)c1. The van der Waals surface area contributed by atoms with Gasteiger partial charge < -0.3 is 10.6 Å². The third-order valence-corrected chi connectivity index (χ3v) is 4.06. The van der Waals surface area contributed by atoms with E-state index in [1.807, 2.05) is 6.92 Å². The van der Waals surface area contributed by atoms with Gasteiger partial charge in [-0.25, -0.2) is 0 Å². The quantitative estimate of drug-likeness (QED) is 0.892. The standard InChI is InChI=1S/C15H21F3N2/c1-2-20(10-11-4-3-5-11)13-6-7-14(15(16,17)18)12(8-13)9-19/h6-8,11H,2-5,9-10,19H2,1H3. The molecule has 2 rings (SSSR count). The Morgan fingerprint density at radius 2 is 2.00 bits per heavy atom. The Bertz CT molecular complexity index is 453. The Labute approximate surface area is 117 Å². The maximum atomic E-state index is 12.9. The van der Waals surface area contributed by atoms with Crippen molar-refractivity contribution < 1.29 is 13.2 Å². The van der Waals surface area contributed by atoms with Gasteiger partial charge in [-0.1, -0.05) is 6.42 Å². The molecule has 0 heterocycles. The van der Waals surface area contributed by atoms with Gasteiger partial charge in [0.25, 0.3) is 0 Å². The molecule has 0 saturated heterocycles. The summed E-state index contributed by atoms with van der Waals surface area (Å²) in [5.74, 6) is 0.679. The first kappa shape index (κ1) is 15.2. The van der Waals surface area contributed by atoms with Gasteiger partial charge in [-0.2, -0.15) is 13.2 Å². The minimum atomic E-state index is -4.34. The van der Waals surface area contributed by atoms with Crippen molar-refractivity contribution in [2.45, 2.75) is 38.9 Å². The number of halogens is 3. The van der Waals surface area contributed by atoms with Crippen molar-refractivity contribution in [3.63, 3.8) is 0 Å². The topological polar surface area (TPSA) is 29.3 Å². The molecule has 0 atom stereocenters. The van der Waals surface area contributed by atoms with Crippen molar-refractivity contribution in [1.29, 1.82) is 0 Å². The lowest BCUT2D eigenvalue weighted by molar-refractivity contribution is -0.138. The van der Waals surface area contributed by atoms with Gasteiger partial charge in [0.05, 0.1) is 5.56 Å². The average Bonchev–Trinajstić information content (AvgIpc) is 2.36. The van der Waals surface area contributed by atoms with Crippen LogP contribution < -0.4 is 10.6 Å². The summed E-state index contributed by atoms with van der Waals surface area (Å²) in [7, 11) is 0. The van der Waals surface area contributed by atoms with Crippen molar-refractivity contribution >= 4 is 5.69 Å². The van der Waals surface area contributed by atoms with Crippen LogP contribution in [0.4, 0.5) is 18.9 Å². The summed E-state index contributed by atoms with van der Waals surface area (Å²) in [5, 5.41) is 0. The van der Waals surface area contributed by atoms with Crippen LogP contribution in [-0.4, -0.2) is 13.1 Å². The lowest BCUT2D eigenvalue weighted by Crippen LogP contribution is -2.32. The number of alkyl halides is 3. The van der Waals surface area contributed by atoms with E-state index < -0.39 is 11.7 Å². The van der Waals surface area contributed by atoms with Crippen LogP contribution >= 0.6 is 0 Å². The normalized spacial score (nSPS) is 16.1. The highest BCUT2D eigenvalue weighted by Gasteiger charge is 2.33. The maximum absolute atomic E-state index is 12.9. The second-order valence-corrected chi connectivity index (χ2v) is 5.38. The third-order valence-electron chi connectivity index (χ3n) is 4.06. The molecule has 0 unspecified atom stereocenters. The van der Waals surface area contributed by atoms with Gasteiger partial charge in [0, 0.05) is 25.3 Å². The van der Waals surface area contributed by atoms with E-state index in [0.717, 1.165) is 24.8 Å². The Morgan fingerprint density at radius 3 is 2.45 bits per heavy atom. The van der Waals surface area contributed by atoms with Crippen LogP contribution in [0.3, 0.4) is 0 Å². The summed E-state index contributed by atoms with van der Waals surface area (Å²) in [6.45, 7) is 3.65. The predicted octanol–water partition coefficient (Wildman–Crippen LogP) is 3.79. The van der Waals surface area contributed by atoms with Gasteiger partial charge >= 0.3 is 6.18 Å². The Morgan fingerprint density at radius 1 is 1.30 bits per heavy atom. The summed E-state index contributed by atoms with van der Waals surface area (Å²) in [6.07, 6.45) is -0.622. The summed E-state index contributed by atoms with van der Waals surface area (Å²) in [5.41, 5.74) is 5.87. The van der Waals surface area contributed by atoms with Crippen LogP contribution in [0.5, 0.6) is 0 Å². The number of hydrogen-bond acceptors (Lipinski definition) is 2. The fraction of sp³-hybridized carbons (Fsp3) is 0.600. The maximum Gasteiger partial charge on any atom is 0.416 e. The third kappa shape index (κ3) is 3.26. The van der Waals surface area contributed by atoms with Crippen LogP contribution in [0.2, 0.25) is 0 Å². The fourth-order valence-corrected chi connectivity index (χ4v) is 2.63. The van der Waals surface area contributed by atoms with Crippen LogP contribution in [0.1, 0.15) is 37.3 Å². The molecule has 1 aromatic rings. The van der Waals surface area contributed by atoms with E-state index in [-0.39, 0.29) is 12.1 Å². The summed E-state index contributed by atoms with van der Waals surface area (Å²) in [4.78, 5) is 2.14. The van der Waals surface area contributed by atoms with E-state index in [1.54, 1.807) is 12.1 Å². The lowest BCUT2D eigenvalue weighted by Gasteiger charge is -2.33. The molecule has 0 bridgehead atoms. The zero-order valence-corrected chi connectivity index (χ0v) is 11.7. The number of anilines is 1. The highest BCUT2D eigenvalue weighted by atomic mass is 19.4. The van der Waals surface area contributed by atoms with Crippen LogP contribution in [-0.2, 0) is 12.7 Å². The van der Waals surface area contributed by atoms with E-state index in [1.165, 1.54) is 19.3 Å². The van der Waals surface area contributed by atoms with Gasteiger partial charge in [-0.3, -0.25) is 0 Å². The molecule has 0 aromatic heterocycles. The monoisotopic (exact) mass is 286 g/mol. The molecule has 0 amide bonds. The van der Waals surface area contributed by atoms with Crippen LogP contribution in [0.25, 0.3) is 0 Å². The molecular weight excluding hydrogens is 265 g/mol. The molecule has 0 spiro atoms. The van der Waals surface area contributed by atoms with Crippen molar-refractivity contribution in [1.82, 2.24) is 0 Å². The van der Waals surface area contributed by atoms with Crippen molar-refractivity contribution in [2.75, 3.05) is 18.0 Å². The molecule has 2 N–H and O–H groups in total. The number of nitrogens with zero attached hydrogens (tertiary/aromatic N) is 1. The van der Waals surface area contributed by atoms with E-state index in [0.29, 0.717) is 5.92 Å². The van der Waals surface area contributed by atoms with Crippen LogP contribution in [0.15, 0.2) is 18.2 Å². The second-order valence-electron chi connectivity index (χ2n) is 5.38. The number of rotatable bonds is 5. The second kappa shape index (κ2) is 6.04. The van der Waals surface area contributed by atoms with E-state index in [9.17, 15) is 13.2 Å². The molecule has 1 saturated carbocycles. The van der Waals surface area contributed by atoms with Crippen LogP contribution in [0, 0.1) is 5.92 Å². The minimum absolute atomic E-state index is 0.0936. The molecule has 1 aliphatic rings.